The molecule has 0 fully saturated rings. The van der Waals surface area contributed by atoms with Gasteiger partial charge in [0.15, 0.2) is 11.5 Å². The van der Waals surface area contributed by atoms with E-state index in [0.717, 1.165) is 0 Å². The van der Waals surface area contributed by atoms with E-state index < -0.39 is 6.03 Å². The van der Waals surface area contributed by atoms with Crippen LogP contribution >= 0.6 is 0 Å². The van der Waals surface area contributed by atoms with Gasteiger partial charge in [-0.05, 0) is 19.1 Å². The summed E-state index contributed by atoms with van der Waals surface area (Å²) in [5, 5.41) is 8.91. The van der Waals surface area contributed by atoms with Crippen LogP contribution in [0.2, 0.25) is 0 Å². The Balaban J connectivity index is 1.73. The maximum Gasteiger partial charge on any atom is 0.326 e. The summed E-state index contributed by atoms with van der Waals surface area (Å²) in [6, 6.07) is 6.49. The number of carbonyl (C=O) groups excluding carboxylic acids is 1. The Kier molecular flexibility index (Phi) is 3.16. The van der Waals surface area contributed by atoms with Crippen molar-refractivity contribution in [3.63, 3.8) is 0 Å². The number of fused-ring (bicyclic) bond motifs is 1. The standard InChI is InChI=1S/C13H13N3O4/c1-8-7-11(20-16-8)15-13(17)14-9-3-2-4-10-12(9)19-6-5-18-10/h2-4,7H,5-6H2,1H3,(H2,14,15,17). The van der Waals surface area contributed by atoms with Crippen LogP contribution in [0.25, 0.3) is 0 Å². The molecule has 20 heavy (non-hydrogen) atoms. The molecule has 1 aliphatic rings. The number of nitrogens with one attached hydrogen (secondary N) is 2. The largest absolute Gasteiger partial charge is 0.486 e. The van der Waals surface area contributed by atoms with E-state index in [1.807, 2.05) is 0 Å². The highest BCUT2D eigenvalue weighted by atomic mass is 16.6. The smallest absolute Gasteiger partial charge is 0.326 e. The molecule has 1 aromatic heterocycles. The minimum absolute atomic E-state index is 0.280. The average Bonchev–Trinajstić information content (AvgIpc) is 2.84. The van der Waals surface area contributed by atoms with Gasteiger partial charge in [0.2, 0.25) is 5.88 Å². The van der Waals surface area contributed by atoms with E-state index in [1.54, 1.807) is 31.2 Å². The molecule has 0 bridgehead atoms. The van der Waals surface area contributed by atoms with Crippen LogP contribution in [0.5, 0.6) is 11.5 Å². The first-order chi connectivity index (χ1) is 9.72. The van der Waals surface area contributed by atoms with E-state index >= 15 is 0 Å². The third kappa shape index (κ3) is 2.51. The lowest BCUT2D eigenvalue weighted by Crippen LogP contribution is -2.21. The number of urea groups is 1. The van der Waals surface area contributed by atoms with E-state index in [0.29, 0.717) is 36.1 Å². The minimum atomic E-state index is -0.441. The molecule has 0 radical (unpaired) electrons. The second kappa shape index (κ2) is 5.12. The van der Waals surface area contributed by atoms with Crippen molar-refractivity contribution in [2.24, 2.45) is 0 Å². The zero-order chi connectivity index (χ0) is 13.9. The zero-order valence-electron chi connectivity index (χ0n) is 10.8. The summed E-state index contributed by atoms with van der Waals surface area (Å²) in [6.45, 7) is 2.72. The number of carbonyl (C=O) groups is 1. The van der Waals surface area contributed by atoms with Crippen LogP contribution in [0.4, 0.5) is 16.4 Å². The topological polar surface area (TPSA) is 85.6 Å². The van der Waals surface area contributed by atoms with Gasteiger partial charge in [0, 0.05) is 6.07 Å². The Hall–Kier alpha value is -2.70. The number of rotatable bonds is 2. The highest BCUT2D eigenvalue weighted by molar-refractivity contribution is 6.00. The Bertz CT molecular complexity index is 638. The molecule has 0 saturated carbocycles. The number of para-hydroxylation sites is 1. The quantitative estimate of drug-likeness (QED) is 0.879. The lowest BCUT2D eigenvalue weighted by molar-refractivity contribution is 0.172. The predicted molar refractivity (Wildman–Crippen MR) is 71.3 cm³/mol. The Morgan fingerprint density at radius 3 is 2.90 bits per heavy atom. The molecule has 0 atom stereocenters. The molecule has 2 amide bonds. The fourth-order valence-electron chi connectivity index (χ4n) is 1.86. The predicted octanol–water partition coefficient (Wildman–Crippen LogP) is 2.40. The number of hydrogen-bond donors (Lipinski definition) is 2. The first kappa shape index (κ1) is 12.3. The van der Waals surface area contributed by atoms with Crippen molar-refractivity contribution in [1.29, 1.82) is 0 Å². The molecule has 1 aliphatic heterocycles. The number of nitrogens with zero attached hydrogens (tertiary/aromatic N) is 1. The first-order valence-electron chi connectivity index (χ1n) is 6.12. The molecule has 2 N–H and O–H groups in total. The number of aromatic nitrogens is 1. The molecule has 1 aromatic carbocycles. The van der Waals surface area contributed by atoms with E-state index in [9.17, 15) is 4.79 Å². The van der Waals surface area contributed by atoms with Crippen molar-refractivity contribution in [2.75, 3.05) is 23.8 Å². The van der Waals surface area contributed by atoms with Gasteiger partial charge in [-0.25, -0.2) is 4.79 Å². The summed E-state index contributed by atoms with van der Waals surface area (Å²) in [7, 11) is 0. The van der Waals surface area contributed by atoms with Gasteiger partial charge in [0.1, 0.15) is 13.2 Å². The molecular formula is C13H13N3O4. The van der Waals surface area contributed by atoms with Gasteiger partial charge in [-0.2, -0.15) is 0 Å². The number of anilines is 2. The highest BCUT2D eigenvalue weighted by Gasteiger charge is 2.17. The van der Waals surface area contributed by atoms with E-state index in [2.05, 4.69) is 15.8 Å². The number of hydrogen-bond acceptors (Lipinski definition) is 5. The second-order valence-electron chi connectivity index (χ2n) is 4.24. The summed E-state index contributed by atoms with van der Waals surface area (Å²) in [4.78, 5) is 11.9. The molecule has 7 heteroatoms. The van der Waals surface area contributed by atoms with Crippen LogP contribution in [0.3, 0.4) is 0 Å². The zero-order valence-corrected chi connectivity index (χ0v) is 10.8. The molecule has 7 nitrogen and oxygen atoms in total. The van der Waals surface area contributed by atoms with Crippen LogP contribution in [0, 0.1) is 6.92 Å². The van der Waals surface area contributed by atoms with Gasteiger partial charge in [0.05, 0.1) is 11.4 Å². The fraction of sp³-hybridized carbons (Fsp3) is 0.231. The van der Waals surface area contributed by atoms with Crippen molar-refractivity contribution in [3.05, 3.63) is 30.0 Å². The third-order valence-electron chi connectivity index (χ3n) is 2.68. The molecule has 0 unspecified atom stereocenters. The monoisotopic (exact) mass is 275 g/mol. The fourth-order valence-corrected chi connectivity index (χ4v) is 1.86. The molecule has 2 aromatic rings. The van der Waals surface area contributed by atoms with E-state index in [1.165, 1.54) is 0 Å². The minimum Gasteiger partial charge on any atom is -0.486 e. The number of benzene rings is 1. The number of amides is 2. The Morgan fingerprint density at radius 2 is 2.10 bits per heavy atom. The average molecular weight is 275 g/mol. The van der Waals surface area contributed by atoms with Crippen LogP contribution in [0.15, 0.2) is 28.8 Å². The second-order valence-corrected chi connectivity index (χ2v) is 4.24. The van der Waals surface area contributed by atoms with Crippen molar-refractivity contribution in [3.8, 4) is 11.5 Å². The van der Waals surface area contributed by atoms with Gasteiger partial charge < -0.3 is 19.3 Å². The molecule has 0 saturated heterocycles. The van der Waals surface area contributed by atoms with Crippen LogP contribution in [0.1, 0.15) is 5.69 Å². The highest BCUT2D eigenvalue weighted by Crippen LogP contribution is 2.37. The van der Waals surface area contributed by atoms with Gasteiger partial charge in [-0.3, -0.25) is 5.32 Å². The van der Waals surface area contributed by atoms with Crippen LogP contribution < -0.4 is 20.1 Å². The van der Waals surface area contributed by atoms with Crippen molar-refractivity contribution in [1.82, 2.24) is 5.16 Å². The number of ether oxygens (including phenoxy) is 2. The third-order valence-corrected chi connectivity index (χ3v) is 2.68. The van der Waals surface area contributed by atoms with Crippen molar-refractivity contribution in [2.45, 2.75) is 6.92 Å². The Morgan fingerprint density at radius 1 is 1.25 bits per heavy atom. The SMILES string of the molecule is Cc1cc(NC(=O)Nc2cccc3c2OCCO3)on1. The summed E-state index contributed by atoms with van der Waals surface area (Å²) in [6.07, 6.45) is 0. The lowest BCUT2D eigenvalue weighted by Gasteiger charge is -2.20. The van der Waals surface area contributed by atoms with Crippen molar-refractivity contribution < 1.29 is 18.8 Å². The molecule has 0 aliphatic carbocycles. The van der Waals surface area contributed by atoms with Gasteiger partial charge in [-0.1, -0.05) is 11.2 Å². The van der Waals surface area contributed by atoms with Crippen LogP contribution in [-0.2, 0) is 0 Å². The van der Waals surface area contributed by atoms with Crippen LogP contribution in [-0.4, -0.2) is 24.4 Å². The normalized spacial score (nSPS) is 12.8. The van der Waals surface area contributed by atoms with Gasteiger partial charge >= 0.3 is 6.03 Å². The summed E-state index contributed by atoms with van der Waals surface area (Å²) < 4.78 is 15.9. The van der Waals surface area contributed by atoms with E-state index in [4.69, 9.17) is 14.0 Å². The maximum atomic E-state index is 11.9. The molecule has 104 valence electrons. The molecule has 3 rings (SSSR count). The molecule has 2 heterocycles. The maximum absolute atomic E-state index is 11.9. The molecule has 0 spiro atoms. The van der Waals surface area contributed by atoms with E-state index in [-0.39, 0.29) is 5.88 Å². The van der Waals surface area contributed by atoms with Gasteiger partial charge in [0.25, 0.3) is 0 Å². The first-order valence-corrected chi connectivity index (χ1v) is 6.12. The van der Waals surface area contributed by atoms with Gasteiger partial charge in [-0.15, -0.1) is 0 Å². The summed E-state index contributed by atoms with van der Waals surface area (Å²) in [5.74, 6) is 1.43. The number of aryl methyl sites for hydroxylation is 1. The Labute approximate surface area is 114 Å². The summed E-state index contributed by atoms with van der Waals surface area (Å²) >= 11 is 0. The summed E-state index contributed by atoms with van der Waals surface area (Å²) in [5.41, 5.74) is 1.23. The lowest BCUT2D eigenvalue weighted by atomic mass is 10.2. The molecular weight excluding hydrogens is 262 g/mol. The van der Waals surface area contributed by atoms with Crippen molar-refractivity contribution >= 4 is 17.6 Å².